The lowest BCUT2D eigenvalue weighted by Crippen LogP contribution is -2.44. The van der Waals surface area contributed by atoms with Crippen molar-refractivity contribution in [1.29, 1.82) is 0 Å². The lowest BCUT2D eigenvalue weighted by atomic mass is 9.98. The maximum Gasteiger partial charge on any atom is 0.413 e. The molecule has 1 saturated heterocycles. The maximum atomic E-state index is 14.2. The lowest BCUT2D eigenvalue weighted by Gasteiger charge is -2.34. The largest absolute Gasteiger partial charge is 0.480 e. The van der Waals surface area contributed by atoms with E-state index in [1.54, 1.807) is 28.9 Å². The SMILES string of the molecule is COc1cc2ncc3c(n2n1)CCCN3c1ccc([C@H](N(C)C(=O)C2CCS(=O)(=O)CC2)C(F)(F)F)cc1. The van der Waals surface area contributed by atoms with Gasteiger partial charge in [0.1, 0.15) is 9.84 Å². The van der Waals surface area contributed by atoms with Crippen LogP contribution >= 0.6 is 0 Å². The number of fused-ring (bicyclic) bond motifs is 3. The Labute approximate surface area is 218 Å². The van der Waals surface area contributed by atoms with Gasteiger partial charge < -0.3 is 14.5 Å². The van der Waals surface area contributed by atoms with Gasteiger partial charge in [-0.3, -0.25) is 4.79 Å². The van der Waals surface area contributed by atoms with Crippen LogP contribution in [0.2, 0.25) is 0 Å². The van der Waals surface area contributed by atoms with Crippen molar-refractivity contribution < 1.29 is 31.1 Å². The number of methoxy groups -OCH3 is 1. The van der Waals surface area contributed by atoms with E-state index in [2.05, 4.69) is 10.1 Å². The summed E-state index contributed by atoms with van der Waals surface area (Å²) in [6.07, 6.45) is -1.33. The summed E-state index contributed by atoms with van der Waals surface area (Å²) in [5.41, 5.74) is 3.02. The van der Waals surface area contributed by atoms with Gasteiger partial charge >= 0.3 is 6.18 Å². The van der Waals surface area contributed by atoms with Crippen molar-refractivity contribution in [2.45, 2.75) is 37.9 Å². The number of aryl methyl sites for hydroxylation is 1. The maximum absolute atomic E-state index is 14.2. The molecule has 2 aliphatic rings. The molecule has 0 aliphatic carbocycles. The fourth-order valence-corrected chi connectivity index (χ4v) is 6.82. The lowest BCUT2D eigenvalue weighted by molar-refractivity contribution is -0.190. The van der Waals surface area contributed by atoms with Crippen LogP contribution in [0.1, 0.15) is 36.6 Å². The highest BCUT2D eigenvalue weighted by Crippen LogP contribution is 2.40. The van der Waals surface area contributed by atoms with Crippen molar-refractivity contribution >= 4 is 32.8 Å². The van der Waals surface area contributed by atoms with Crippen LogP contribution in [0.5, 0.6) is 5.88 Å². The van der Waals surface area contributed by atoms with Crippen molar-refractivity contribution in [2.75, 3.05) is 37.1 Å². The van der Waals surface area contributed by atoms with Crippen LogP contribution in [0.3, 0.4) is 0 Å². The molecular weight excluding hydrogens is 523 g/mol. The van der Waals surface area contributed by atoms with Crippen LogP contribution < -0.4 is 9.64 Å². The molecule has 204 valence electrons. The molecule has 1 fully saturated rings. The Morgan fingerprint density at radius 3 is 2.50 bits per heavy atom. The van der Waals surface area contributed by atoms with Crippen LogP contribution in [-0.4, -0.2) is 72.2 Å². The number of benzene rings is 1. The van der Waals surface area contributed by atoms with Crippen LogP contribution in [0.15, 0.2) is 36.5 Å². The molecule has 9 nitrogen and oxygen atoms in total. The summed E-state index contributed by atoms with van der Waals surface area (Å²) in [6, 6.07) is 5.59. The molecule has 0 bridgehead atoms. The number of hydrogen-bond donors (Lipinski definition) is 0. The van der Waals surface area contributed by atoms with Gasteiger partial charge in [-0.15, -0.1) is 5.10 Å². The summed E-state index contributed by atoms with van der Waals surface area (Å²) in [5, 5.41) is 4.43. The molecule has 0 spiro atoms. The summed E-state index contributed by atoms with van der Waals surface area (Å²) < 4.78 is 73.0. The molecule has 0 N–H and O–H groups in total. The number of ether oxygens (including phenoxy) is 1. The van der Waals surface area contributed by atoms with Crippen LogP contribution in [0.4, 0.5) is 24.5 Å². The number of aromatic nitrogens is 3. The fourth-order valence-electron chi connectivity index (χ4n) is 5.32. The standard InChI is InChI=1S/C25H28F3N5O4S/c1-31(24(34)17-9-12-38(35,36)13-10-17)23(25(26,27)28)16-5-7-18(8-6-16)32-11-3-4-19-20(32)15-29-21-14-22(37-2)30-33(19)21/h5-8,14-15,17,23H,3-4,9-13H2,1-2H3/t23-/m0/s1. The average molecular weight is 552 g/mol. The molecule has 13 heteroatoms. The summed E-state index contributed by atoms with van der Waals surface area (Å²) in [6.45, 7) is 0.656. The summed E-state index contributed by atoms with van der Waals surface area (Å²) in [5.74, 6) is -1.37. The van der Waals surface area contributed by atoms with Gasteiger partial charge in [-0.2, -0.15) is 13.2 Å². The van der Waals surface area contributed by atoms with Gasteiger partial charge in [0.15, 0.2) is 11.7 Å². The Bertz CT molecular complexity index is 1440. The Kier molecular flexibility index (Phi) is 6.74. The first kappa shape index (κ1) is 26.3. The van der Waals surface area contributed by atoms with Gasteiger partial charge in [-0.1, -0.05) is 12.1 Å². The first-order valence-electron chi connectivity index (χ1n) is 12.3. The summed E-state index contributed by atoms with van der Waals surface area (Å²) >= 11 is 0. The Morgan fingerprint density at radius 2 is 1.87 bits per heavy atom. The van der Waals surface area contributed by atoms with Gasteiger partial charge in [-0.25, -0.2) is 17.9 Å². The molecule has 0 unspecified atom stereocenters. The van der Waals surface area contributed by atoms with Gasteiger partial charge in [0.25, 0.3) is 0 Å². The van der Waals surface area contributed by atoms with E-state index in [1.165, 1.54) is 19.2 Å². The van der Waals surface area contributed by atoms with Crippen LogP contribution in [0.25, 0.3) is 5.65 Å². The van der Waals surface area contributed by atoms with E-state index in [-0.39, 0.29) is 29.9 Å². The first-order valence-corrected chi connectivity index (χ1v) is 14.1. The van der Waals surface area contributed by atoms with Gasteiger partial charge in [0.2, 0.25) is 11.8 Å². The number of hydrogen-bond acceptors (Lipinski definition) is 7. The Hall–Kier alpha value is -3.35. The average Bonchev–Trinajstić information content (AvgIpc) is 3.32. The topological polar surface area (TPSA) is 97.1 Å². The predicted molar refractivity (Wildman–Crippen MR) is 134 cm³/mol. The molecule has 4 heterocycles. The molecule has 2 aliphatic heterocycles. The highest BCUT2D eigenvalue weighted by atomic mass is 32.2. The zero-order valence-corrected chi connectivity index (χ0v) is 21.8. The highest BCUT2D eigenvalue weighted by Gasteiger charge is 2.46. The number of halogens is 3. The van der Waals surface area contributed by atoms with Gasteiger partial charge in [0, 0.05) is 31.3 Å². The van der Waals surface area contributed by atoms with Gasteiger partial charge in [-0.05, 0) is 43.4 Å². The van der Waals surface area contributed by atoms with E-state index in [0.29, 0.717) is 28.7 Å². The second-order valence-electron chi connectivity index (χ2n) is 9.71. The third kappa shape index (κ3) is 4.91. The smallest absolute Gasteiger partial charge is 0.413 e. The van der Waals surface area contributed by atoms with Crippen molar-refractivity contribution in [3.05, 3.63) is 47.8 Å². The minimum absolute atomic E-state index is 0.0345. The van der Waals surface area contributed by atoms with Crippen molar-refractivity contribution in [1.82, 2.24) is 19.5 Å². The monoisotopic (exact) mass is 551 g/mol. The molecule has 3 aromatic rings. The van der Waals surface area contributed by atoms with E-state index >= 15 is 0 Å². The number of rotatable bonds is 5. The minimum atomic E-state index is -4.71. The molecule has 1 atom stereocenters. The van der Waals surface area contributed by atoms with Crippen LogP contribution in [-0.2, 0) is 21.1 Å². The van der Waals surface area contributed by atoms with E-state index in [4.69, 9.17) is 4.74 Å². The van der Waals surface area contributed by atoms with Gasteiger partial charge in [0.05, 0.1) is 36.2 Å². The highest BCUT2D eigenvalue weighted by molar-refractivity contribution is 7.91. The quantitative estimate of drug-likeness (QED) is 0.477. The molecule has 5 rings (SSSR count). The molecule has 0 saturated carbocycles. The number of carbonyl (C=O) groups is 1. The second kappa shape index (κ2) is 9.75. The molecule has 1 amide bonds. The number of alkyl halides is 3. The Balaban J connectivity index is 1.41. The minimum Gasteiger partial charge on any atom is -0.480 e. The zero-order chi connectivity index (χ0) is 27.2. The van der Waals surface area contributed by atoms with E-state index in [9.17, 15) is 26.4 Å². The number of amides is 1. The number of sulfone groups is 1. The number of nitrogens with zero attached hydrogens (tertiary/aromatic N) is 5. The second-order valence-corrected chi connectivity index (χ2v) is 12.0. The normalized spacial score (nSPS) is 18.7. The molecule has 2 aromatic heterocycles. The first-order chi connectivity index (χ1) is 18.0. The molecule has 1 aromatic carbocycles. The molecule has 38 heavy (non-hydrogen) atoms. The zero-order valence-electron chi connectivity index (χ0n) is 21.0. The fraction of sp³-hybridized carbons (Fsp3) is 0.480. The Morgan fingerprint density at radius 1 is 1.18 bits per heavy atom. The third-order valence-electron chi connectivity index (χ3n) is 7.30. The predicted octanol–water partition coefficient (Wildman–Crippen LogP) is 3.71. The third-order valence-corrected chi connectivity index (χ3v) is 9.02. The molecular formula is C25H28F3N5O4S. The molecule has 0 radical (unpaired) electrons. The summed E-state index contributed by atoms with van der Waals surface area (Å²) in [7, 11) is -0.577. The van der Waals surface area contributed by atoms with Crippen LogP contribution in [0, 0.1) is 5.92 Å². The number of carbonyl (C=O) groups excluding carboxylic acids is 1. The van der Waals surface area contributed by atoms with Crippen molar-refractivity contribution in [3.8, 4) is 5.88 Å². The van der Waals surface area contributed by atoms with Crippen molar-refractivity contribution in [2.24, 2.45) is 5.92 Å². The number of anilines is 2. The van der Waals surface area contributed by atoms with Crippen molar-refractivity contribution in [3.63, 3.8) is 0 Å². The summed E-state index contributed by atoms with van der Waals surface area (Å²) in [4.78, 5) is 20.1. The van der Waals surface area contributed by atoms with E-state index < -0.39 is 33.9 Å². The van der Waals surface area contributed by atoms with E-state index in [1.807, 2.05) is 4.90 Å². The van der Waals surface area contributed by atoms with E-state index in [0.717, 1.165) is 31.3 Å².